The Morgan fingerprint density at radius 1 is 1.24 bits per heavy atom. The number of rotatable bonds is 5. The summed E-state index contributed by atoms with van der Waals surface area (Å²) in [5.74, 6) is -0.110. The first kappa shape index (κ1) is 19.5. The van der Waals surface area contributed by atoms with Crippen LogP contribution in [0.25, 0.3) is 0 Å². The van der Waals surface area contributed by atoms with Crippen LogP contribution in [0.2, 0.25) is 0 Å². The van der Waals surface area contributed by atoms with E-state index in [4.69, 9.17) is 4.74 Å². The van der Waals surface area contributed by atoms with E-state index in [2.05, 4.69) is 21.3 Å². The molecule has 25 heavy (non-hydrogen) atoms. The molecule has 7 nitrogen and oxygen atoms in total. The summed E-state index contributed by atoms with van der Waals surface area (Å²) in [4.78, 5) is 23.9. The number of carbonyl (C=O) groups is 2. The van der Waals surface area contributed by atoms with Gasteiger partial charge in [0.15, 0.2) is 0 Å². The molecule has 4 N–H and O–H groups in total. The number of nitrogens with one attached hydrogen (secondary N) is 4. The summed E-state index contributed by atoms with van der Waals surface area (Å²) in [6.45, 7) is 3.80. The fraction of sp³-hybridized carbons (Fsp3) is 0.529. The summed E-state index contributed by atoms with van der Waals surface area (Å²) < 4.78 is 5.45. The van der Waals surface area contributed by atoms with Crippen molar-refractivity contribution in [3.05, 3.63) is 29.8 Å². The van der Waals surface area contributed by atoms with Gasteiger partial charge >= 0.3 is 6.03 Å². The molecular formula is C17H25ClN4O3. The number of anilines is 1. The van der Waals surface area contributed by atoms with E-state index < -0.39 is 6.10 Å². The molecule has 1 heterocycles. The molecule has 0 spiro atoms. The lowest BCUT2D eigenvalue weighted by atomic mass is 10.1. The summed E-state index contributed by atoms with van der Waals surface area (Å²) in [6, 6.07) is 7.50. The first-order valence-electron chi connectivity index (χ1n) is 8.42. The summed E-state index contributed by atoms with van der Waals surface area (Å²) in [6.07, 6.45) is 1.68. The Labute approximate surface area is 153 Å². The molecule has 1 aliphatic carbocycles. The van der Waals surface area contributed by atoms with Crippen molar-refractivity contribution in [2.24, 2.45) is 0 Å². The van der Waals surface area contributed by atoms with Crippen LogP contribution < -0.4 is 21.3 Å². The zero-order chi connectivity index (χ0) is 16.9. The van der Waals surface area contributed by atoms with Gasteiger partial charge in [0.2, 0.25) is 0 Å². The van der Waals surface area contributed by atoms with E-state index in [0.717, 1.165) is 30.6 Å². The third-order valence-electron chi connectivity index (χ3n) is 4.16. The summed E-state index contributed by atoms with van der Waals surface area (Å²) in [5.41, 5.74) is 1.70. The predicted octanol–water partition coefficient (Wildman–Crippen LogP) is 1.56. The van der Waals surface area contributed by atoms with E-state index in [1.165, 1.54) is 0 Å². The van der Waals surface area contributed by atoms with Crippen LogP contribution in [-0.4, -0.2) is 43.8 Å². The number of urea groups is 1. The zero-order valence-electron chi connectivity index (χ0n) is 14.2. The van der Waals surface area contributed by atoms with Crippen LogP contribution in [0.3, 0.4) is 0 Å². The van der Waals surface area contributed by atoms with Crippen molar-refractivity contribution in [3.8, 4) is 0 Å². The predicted molar refractivity (Wildman–Crippen MR) is 98.0 cm³/mol. The third-order valence-corrected chi connectivity index (χ3v) is 4.16. The Bertz CT molecular complexity index is 586. The van der Waals surface area contributed by atoms with E-state index in [0.29, 0.717) is 19.2 Å². The van der Waals surface area contributed by atoms with Crippen molar-refractivity contribution in [2.45, 2.75) is 38.0 Å². The largest absolute Gasteiger partial charge is 0.366 e. The highest BCUT2D eigenvalue weighted by Gasteiger charge is 2.24. The van der Waals surface area contributed by atoms with Crippen LogP contribution >= 0.6 is 12.4 Å². The molecule has 138 valence electrons. The van der Waals surface area contributed by atoms with Crippen molar-refractivity contribution >= 4 is 30.0 Å². The van der Waals surface area contributed by atoms with Gasteiger partial charge in [0.1, 0.15) is 6.10 Å². The second-order valence-corrected chi connectivity index (χ2v) is 6.29. The molecule has 1 aromatic carbocycles. The summed E-state index contributed by atoms with van der Waals surface area (Å²) in [5, 5.41) is 11.8. The van der Waals surface area contributed by atoms with Gasteiger partial charge < -0.3 is 26.0 Å². The Hall–Kier alpha value is -1.83. The molecule has 2 fully saturated rings. The van der Waals surface area contributed by atoms with Crippen LogP contribution in [0.4, 0.5) is 10.5 Å². The van der Waals surface area contributed by atoms with Gasteiger partial charge in [-0.3, -0.25) is 4.79 Å². The van der Waals surface area contributed by atoms with Gasteiger partial charge in [0.05, 0.1) is 12.6 Å². The molecule has 0 radical (unpaired) electrons. The first-order chi connectivity index (χ1) is 11.6. The number of ether oxygens (including phenoxy) is 1. The lowest BCUT2D eigenvalue weighted by Gasteiger charge is -2.24. The normalized spacial score (nSPS) is 20.8. The highest BCUT2D eigenvalue weighted by atomic mass is 35.5. The number of hydrogen-bond donors (Lipinski definition) is 4. The maximum atomic E-state index is 12.2. The van der Waals surface area contributed by atoms with Crippen LogP contribution in [0, 0.1) is 0 Å². The Morgan fingerprint density at radius 3 is 2.56 bits per heavy atom. The van der Waals surface area contributed by atoms with Gasteiger partial charge in [-0.15, -0.1) is 12.4 Å². The van der Waals surface area contributed by atoms with Crippen LogP contribution in [0.1, 0.15) is 31.4 Å². The molecule has 1 saturated heterocycles. The van der Waals surface area contributed by atoms with Crippen LogP contribution in [-0.2, 0) is 9.53 Å². The molecule has 0 aromatic heterocycles. The molecule has 2 unspecified atom stereocenters. The molecular weight excluding hydrogens is 344 g/mol. The topological polar surface area (TPSA) is 91.5 Å². The number of morpholine rings is 1. The lowest BCUT2D eigenvalue weighted by molar-refractivity contribution is -0.134. The smallest absolute Gasteiger partial charge is 0.319 e. The summed E-state index contributed by atoms with van der Waals surface area (Å²) >= 11 is 0. The Morgan fingerprint density at radius 2 is 1.96 bits per heavy atom. The fourth-order valence-corrected chi connectivity index (χ4v) is 2.56. The highest BCUT2D eigenvalue weighted by Crippen LogP contribution is 2.19. The second-order valence-electron chi connectivity index (χ2n) is 6.29. The first-order valence-corrected chi connectivity index (χ1v) is 8.42. The Kier molecular flexibility index (Phi) is 7.04. The minimum absolute atomic E-state index is 0. The van der Waals surface area contributed by atoms with E-state index >= 15 is 0 Å². The number of amides is 3. The van der Waals surface area contributed by atoms with Crippen molar-refractivity contribution < 1.29 is 14.3 Å². The quantitative estimate of drug-likeness (QED) is 0.634. The zero-order valence-corrected chi connectivity index (χ0v) is 15.0. The minimum atomic E-state index is -0.437. The SMILES string of the molecule is CC(NC(=O)C1CNCCO1)c1ccc(NC(=O)NC2CC2)cc1.Cl. The van der Waals surface area contributed by atoms with E-state index in [9.17, 15) is 9.59 Å². The lowest BCUT2D eigenvalue weighted by Crippen LogP contribution is -2.48. The summed E-state index contributed by atoms with van der Waals surface area (Å²) in [7, 11) is 0. The third kappa shape index (κ3) is 5.88. The van der Waals surface area contributed by atoms with Crippen molar-refractivity contribution in [3.63, 3.8) is 0 Å². The number of hydrogen-bond acceptors (Lipinski definition) is 4. The standard InChI is InChI=1S/C17H24N4O3.ClH/c1-11(19-16(22)15-10-18-8-9-24-15)12-2-4-13(5-3-12)20-17(23)21-14-6-7-14;/h2-5,11,14-15,18H,6-10H2,1H3,(H,19,22)(H2,20,21,23);1H. The van der Waals surface area contributed by atoms with E-state index in [1.54, 1.807) is 0 Å². The molecule has 1 saturated carbocycles. The number of halogens is 1. The van der Waals surface area contributed by atoms with Gasteiger partial charge in [-0.2, -0.15) is 0 Å². The molecule has 0 bridgehead atoms. The van der Waals surface area contributed by atoms with Crippen LogP contribution in [0.15, 0.2) is 24.3 Å². The molecule has 1 aromatic rings. The van der Waals surface area contributed by atoms with Gasteiger partial charge in [-0.1, -0.05) is 12.1 Å². The molecule has 2 atom stereocenters. The van der Waals surface area contributed by atoms with Gasteiger partial charge in [0, 0.05) is 24.8 Å². The number of benzene rings is 1. The highest BCUT2D eigenvalue weighted by molar-refractivity contribution is 5.89. The monoisotopic (exact) mass is 368 g/mol. The minimum Gasteiger partial charge on any atom is -0.366 e. The van der Waals surface area contributed by atoms with Gasteiger partial charge in [0.25, 0.3) is 5.91 Å². The molecule has 3 rings (SSSR count). The van der Waals surface area contributed by atoms with Gasteiger partial charge in [-0.25, -0.2) is 4.79 Å². The molecule has 1 aliphatic heterocycles. The average Bonchev–Trinajstić information content (AvgIpc) is 3.40. The molecule has 3 amide bonds. The van der Waals surface area contributed by atoms with Crippen molar-refractivity contribution in [1.82, 2.24) is 16.0 Å². The van der Waals surface area contributed by atoms with Crippen molar-refractivity contribution in [1.29, 1.82) is 0 Å². The average molecular weight is 369 g/mol. The fourth-order valence-electron chi connectivity index (χ4n) is 2.56. The van der Waals surface area contributed by atoms with E-state index in [-0.39, 0.29) is 30.4 Å². The second kappa shape index (κ2) is 9.03. The molecule has 8 heteroatoms. The molecule has 2 aliphatic rings. The Balaban J connectivity index is 0.00000225. The number of carbonyl (C=O) groups excluding carboxylic acids is 2. The van der Waals surface area contributed by atoms with Crippen LogP contribution in [0.5, 0.6) is 0 Å². The maximum absolute atomic E-state index is 12.2. The maximum Gasteiger partial charge on any atom is 0.319 e. The van der Waals surface area contributed by atoms with E-state index in [1.807, 2.05) is 31.2 Å². The van der Waals surface area contributed by atoms with Gasteiger partial charge in [-0.05, 0) is 37.5 Å². The van der Waals surface area contributed by atoms with Crippen molar-refractivity contribution in [2.75, 3.05) is 25.0 Å².